The molecule has 0 aromatic heterocycles. The topological polar surface area (TPSA) is 67.4 Å². The van der Waals surface area contributed by atoms with Gasteiger partial charge in [-0.05, 0) is 72.4 Å². The van der Waals surface area contributed by atoms with Crippen molar-refractivity contribution in [3.8, 4) is 16.9 Å². The molecule has 2 atom stereocenters. The van der Waals surface area contributed by atoms with Gasteiger partial charge in [-0.3, -0.25) is 9.59 Å². The van der Waals surface area contributed by atoms with Gasteiger partial charge >= 0.3 is 12.5 Å². The predicted molar refractivity (Wildman–Crippen MR) is 155 cm³/mol. The van der Waals surface area contributed by atoms with E-state index in [-0.39, 0.29) is 24.0 Å². The second-order valence-electron chi connectivity index (χ2n) is 10.3. The first-order chi connectivity index (χ1) is 20.8. The zero-order valence-corrected chi connectivity index (χ0v) is 23.6. The Labute approximate surface area is 250 Å². The second kappa shape index (κ2) is 13.8. The molecule has 0 fully saturated rings. The number of amides is 2. The van der Waals surface area contributed by atoms with Crippen LogP contribution >= 0.6 is 0 Å². The average molecular weight is 617 g/mol. The van der Waals surface area contributed by atoms with Gasteiger partial charge in [0.2, 0.25) is 11.8 Å². The van der Waals surface area contributed by atoms with Gasteiger partial charge in [0.25, 0.3) is 0 Å². The Morgan fingerprint density at radius 1 is 0.886 bits per heavy atom. The van der Waals surface area contributed by atoms with Gasteiger partial charge in [0, 0.05) is 12.2 Å². The molecular weight excluding hydrogens is 586 g/mol. The Morgan fingerprint density at radius 3 is 2.02 bits per heavy atom. The SMILES string of the molecule is CCCNC(=O)C1C=CC(CC(C(=O)Nc2ccc(-c3ccc(OC(F)(F)F)cc3)cc2)c2ccc(C(F)(F)F)cc2)=CC1. The maximum absolute atomic E-state index is 13.5. The lowest BCUT2D eigenvalue weighted by Gasteiger charge is -2.21. The van der Waals surface area contributed by atoms with Crippen molar-refractivity contribution in [3.05, 3.63) is 108 Å². The Balaban J connectivity index is 1.49. The zero-order valence-electron chi connectivity index (χ0n) is 23.6. The van der Waals surface area contributed by atoms with E-state index in [9.17, 15) is 35.9 Å². The summed E-state index contributed by atoms with van der Waals surface area (Å²) in [6.45, 7) is 2.52. The highest BCUT2D eigenvalue weighted by Gasteiger charge is 2.32. The van der Waals surface area contributed by atoms with Crippen LogP contribution in [0.2, 0.25) is 0 Å². The molecule has 2 amide bonds. The van der Waals surface area contributed by atoms with Gasteiger partial charge in [0.05, 0.1) is 17.4 Å². The van der Waals surface area contributed by atoms with Crippen LogP contribution in [0.3, 0.4) is 0 Å². The van der Waals surface area contributed by atoms with Gasteiger partial charge in [-0.2, -0.15) is 13.2 Å². The van der Waals surface area contributed by atoms with Gasteiger partial charge in [-0.25, -0.2) is 0 Å². The van der Waals surface area contributed by atoms with Crippen LogP contribution in [0.4, 0.5) is 32.0 Å². The first kappa shape index (κ1) is 32.4. The number of alkyl halides is 6. The molecule has 0 saturated heterocycles. The number of nitrogens with one attached hydrogen (secondary N) is 2. The van der Waals surface area contributed by atoms with Crippen molar-refractivity contribution in [2.45, 2.75) is 44.6 Å². The Kier molecular flexibility index (Phi) is 10.2. The Morgan fingerprint density at radius 2 is 1.50 bits per heavy atom. The molecule has 44 heavy (non-hydrogen) atoms. The summed E-state index contributed by atoms with van der Waals surface area (Å²) in [7, 11) is 0. The maximum atomic E-state index is 13.5. The van der Waals surface area contributed by atoms with E-state index in [1.54, 1.807) is 36.4 Å². The van der Waals surface area contributed by atoms with Crippen molar-refractivity contribution in [1.29, 1.82) is 0 Å². The molecule has 0 radical (unpaired) electrons. The molecule has 2 N–H and O–H groups in total. The molecule has 5 nitrogen and oxygen atoms in total. The third-order valence-corrected chi connectivity index (χ3v) is 7.03. The van der Waals surface area contributed by atoms with Crippen molar-refractivity contribution < 1.29 is 40.7 Å². The number of rotatable bonds is 10. The second-order valence-corrected chi connectivity index (χ2v) is 10.3. The van der Waals surface area contributed by atoms with E-state index in [1.165, 1.54) is 36.4 Å². The molecule has 0 aliphatic heterocycles. The number of carbonyl (C=O) groups excluding carboxylic acids is 2. The van der Waals surface area contributed by atoms with Crippen molar-refractivity contribution in [2.24, 2.45) is 5.92 Å². The van der Waals surface area contributed by atoms with Crippen LogP contribution in [0.5, 0.6) is 5.75 Å². The first-order valence-corrected chi connectivity index (χ1v) is 13.9. The zero-order chi connectivity index (χ0) is 31.9. The molecule has 0 bridgehead atoms. The largest absolute Gasteiger partial charge is 0.573 e. The molecule has 2 unspecified atom stereocenters. The van der Waals surface area contributed by atoms with E-state index < -0.39 is 29.9 Å². The molecule has 0 spiro atoms. The number of anilines is 1. The summed E-state index contributed by atoms with van der Waals surface area (Å²) < 4.78 is 80.7. The highest BCUT2D eigenvalue weighted by atomic mass is 19.4. The van der Waals surface area contributed by atoms with Crippen LogP contribution in [0.15, 0.2) is 96.6 Å². The summed E-state index contributed by atoms with van der Waals surface area (Å²) in [5.41, 5.74) is 2.07. The Bertz CT molecular complexity index is 1490. The normalized spacial score (nSPS) is 15.7. The van der Waals surface area contributed by atoms with Crippen LogP contribution in [0.1, 0.15) is 43.2 Å². The number of hydrogen-bond acceptors (Lipinski definition) is 3. The molecule has 0 saturated carbocycles. The minimum Gasteiger partial charge on any atom is -0.406 e. The minimum absolute atomic E-state index is 0.0931. The third-order valence-electron chi connectivity index (χ3n) is 7.03. The first-order valence-electron chi connectivity index (χ1n) is 13.9. The number of benzene rings is 3. The van der Waals surface area contributed by atoms with Gasteiger partial charge in [0.1, 0.15) is 5.75 Å². The standard InChI is InChI=1S/C33H30F6N2O3/c1-2-19-40-30(42)25-5-3-21(4-6-25)20-29(24-7-13-26(14-8-24)32(34,35)36)31(43)41-27-15-9-22(10-16-27)23-11-17-28(18-12-23)44-33(37,38)39/h3-5,7-18,25,29H,2,6,19-20H2,1H3,(H,40,42)(H,41,43). The quantitative estimate of drug-likeness (QED) is 0.225. The summed E-state index contributed by atoms with van der Waals surface area (Å²) >= 11 is 0. The molecule has 1 aliphatic rings. The minimum atomic E-state index is -4.80. The van der Waals surface area contributed by atoms with Crippen LogP contribution < -0.4 is 15.4 Å². The molecule has 1 aliphatic carbocycles. The van der Waals surface area contributed by atoms with E-state index in [4.69, 9.17) is 0 Å². The highest BCUT2D eigenvalue weighted by Crippen LogP contribution is 2.34. The molecule has 232 valence electrons. The molecule has 0 heterocycles. The summed E-state index contributed by atoms with van der Waals surface area (Å²) in [5, 5.41) is 5.67. The van der Waals surface area contributed by atoms with E-state index in [0.29, 0.717) is 35.3 Å². The predicted octanol–water partition coefficient (Wildman–Crippen LogP) is 8.41. The van der Waals surface area contributed by atoms with E-state index >= 15 is 0 Å². The summed E-state index contributed by atoms with van der Waals surface area (Å²) in [6, 6.07) is 16.4. The lowest BCUT2D eigenvalue weighted by Crippen LogP contribution is -2.30. The average Bonchev–Trinajstić information content (AvgIpc) is 2.98. The van der Waals surface area contributed by atoms with Gasteiger partial charge in [-0.15, -0.1) is 13.2 Å². The molecule has 4 rings (SSSR count). The van der Waals surface area contributed by atoms with Crippen LogP contribution in [0, 0.1) is 5.92 Å². The van der Waals surface area contributed by atoms with Crippen molar-refractivity contribution >= 4 is 17.5 Å². The maximum Gasteiger partial charge on any atom is 0.573 e. The number of allylic oxidation sites excluding steroid dienone is 3. The highest BCUT2D eigenvalue weighted by molar-refractivity contribution is 5.96. The number of hydrogen-bond donors (Lipinski definition) is 2. The molecule has 3 aromatic rings. The smallest absolute Gasteiger partial charge is 0.406 e. The number of halogens is 6. The fourth-order valence-electron chi connectivity index (χ4n) is 4.72. The van der Waals surface area contributed by atoms with Crippen molar-refractivity contribution in [2.75, 3.05) is 11.9 Å². The fourth-order valence-corrected chi connectivity index (χ4v) is 4.72. The van der Waals surface area contributed by atoms with Crippen LogP contribution in [0.25, 0.3) is 11.1 Å². The summed E-state index contributed by atoms with van der Waals surface area (Å²) in [4.78, 5) is 25.8. The van der Waals surface area contributed by atoms with Crippen molar-refractivity contribution in [1.82, 2.24) is 5.32 Å². The monoisotopic (exact) mass is 616 g/mol. The fraction of sp³-hybridized carbons (Fsp3) is 0.273. The number of ether oxygens (including phenoxy) is 1. The van der Waals surface area contributed by atoms with Crippen LogP contribution in [-0.4, -0.2) is 24.7 Å². The van der Waals surface area contributed by atoms with E-state index in [0.717, 1.165) is 24.1 Å². The van der Waals surface area contributed by atoms with Crippen molar-refractivity contribution in [3.63, 3.8) is 0 Å². The lowest BCUT2D eigenvalue weighted by molar-refractivity contribution is -0.274. The van der Waals surface area contributed by atoms with Crippen LogP contribution in [-0.2, 0) is 15.8 Å². The van der Waals surface area contributed by atoms with Gasteiger partial charge in [-0.1, -0.05) is 67.1 Å². The van der Waals surface area contributed by atoms with Gasteiger partial charge in [0.15, 0.2) is 0 Å². The molecule has 11 heteroatoms. The Hall–Kier alpha value is -4.54. The van der Waals surface area contributed by atoms with E-state index in [2.05, 4.69) is 15.4 Å². The summed E-state index contributed by atoms with van der Waals surface area (Å²) in [5.74, 6) is -2.06. The van der Waals surface area contributed by atoms with Gasteiger partial charge < -0.3 is 15.4 Å². The molecular formula is C33H30F6N2O3. The third kappa shape index (κ3) is 8.98. The molecule has 3 aromatic carbocycles. The summed E-state index contributed by atoms with van der Waals surface area (Å²) in [6.07, 6.45) is -2.48. The lowest BCUT2D eigenvalue weighted by atomic mass is 9.86. The van der Waals surface area contributed by atoms with E-state index in [1.807, 2.05) is 13.0 Å². The number of carbonyl (C=O) groups is 2.